The number of rotatable bonds is 1. The molecule has 0 fully saturated rings. The SMILES string of the molecule is Nc1ccc(-c2ccc3c4c(cccc24)CC3)cc1. The molecule has 0 saturated heterocycles. The lowest BCUT2D eigenvalue weighted by Crippen LogP contribution is -1.86. The lowest BCUT2D eigenvalue weighted by atomic mass is 9.95. The highest BCUT2D eigenvalue weighted by Crippen LogP contribution is 2.37. The van der Waals surface area contributed by atoms with Gasteiger partial charge < -0.3 is 5.73 Å². The summed E-state index contributed by atoms with van der Waals surface area (Å²) < 4.78 is 0. The Morgan fingerprint density at radius 1 is 0.737 bits per heavy atom. The zero-order valence-corrected chi connectivity index (χ0v) is 10.7. The van der Waals surface area contributed by atoms with Crippen LogP contribution in [0.3, 0.4) is 0 Å². The van der Waals surface area contributed by atoms with Gasteiger partial charge in [0.05, 0.1) is 0 Å². The van der Waals surface area contributed by atoms with E-state index in [1.54, 1.807) is 0 Å². The standard InChI is InChI=1S/C18H15N/c19-15-9-6-12(7-10-15)16-11-8-14-5-4-13-2-1-3-17(16)18(13)14/h1-3,6-11H,4-5,19H2. The molecule has 4 rings (SSSR count). The average Bonchev–Trinajstić information content (AvgIpc) is 2.86. The highest BCUT2D eigenvalue weighted by Gasteiger charge is 2.16. The van der Waals surface area contributed by atoms with E-state index in [4.69, 9.17) is 5.73 Å². The molecule has 2 N–H and O–H groups in total. The van der Waals surface area contributed by atoms with Crippen molar-refractivity contribution in [2.45, 2.75) is 12.8 Å². The fraction of sp³-hybridized carbons (Fsp3) is 0.111. The Kier molecular flexibility index (Phi) is 2.16. The second kappa shape index (κ2) is 3.86. The molecule has 92 valence electrons. The zero-order valence-electron chi connectivity index (χ0n) is 10.7. The van der Waals surface area contributed by atoms with Crippen molar-refractivity contribution in [3.05, 3.63) is 65.7 Å². The Bertz CT molecular complexity index is 759. The number of aryl methyl sites for hydroxylation is 2. The third-order valence-electron chi connectivity index (χ3n) is 4.10. The molecular weight excluding hydrogens is 230 g/mol. The second-order valence-corrected chi connectivity index (χ2v) is 5.23. The van der Waals surface area contributed by atoms with E-state index in [1.807, 2.05) is 12.1 Å². The van der Waals surface area contributed by atoms with Gasteiger partial charge in [-0.2, -0.15) is 0 Å². The van der Waals surface area contributed by atoms with Gasteiger partial charge in [0.25, 0.3) is 0 Å². The Balaban J connectivity index is 2.04. The number of nitrogen functional groups attached to an aromatic ring is 1. The lowest BCUT2D eigenvalue weighted by molar-refractivity contribution is 1.02. The van der Waals surface area contributed by atoms with Crippen LogP contribution in [0.1, 0.15) is 11.1 Å². The minimum Gasteiger partial charge on any atom is -0.399 e. The van der Waals surface area contributed by atoms with E-state index < -0.39 is 0 Å². The van der Waals surface area contributed by atoms with Crippen LogP contribution in [0.25, 0.3) is 21.9 Å². The van der Waals surface area contributed by atoms with Gasteiger partial charge in [0.2, 0.25) is 0 Å². The van der Waals surface area contributed by atoms with Gasteiger partial charge in [-0.1, -0.05) is 42.5 Å². The third-order valence-corrected chi connectivity index (χ3v) is 4.10. The summed E-state index contributed by atoms with van der Waals surface area (Å²) in [7, 11) is 0. The monoisotopic (exact) mass is 245 g/mol. The van der Waals surface area contributed by atoms with Crippen molar-refractivity contribution in [1.29, 1.82) is 0 Å². The molecule has 0 aliphatic heterocycles. The smallest absolute Gasteiger partial charge is 0.0314 e. The van der Waals surface area contributed by atoms with Crippen LogP contribution in [0.5, 0.6) is 0 Å². The molecule has 19 heavy (non-hydrogen) atoms. The zero-order chi connectivity index (χ0) is 12.8. The number of hydrogen-bond acceptors (Lipinski definition) is 1. The van der Waals surface area contributed by atoms with Gasteiger partial charge in [-0.3, -0.25) is 0 Å². The molecule has 1 aliphatic carbocycles. The fourth-order valence-corrected chi connectivity index (χ4v) is 3.16. The first kappa shape index (κ1) is 10.6. The van der Waals surface area contributed by atoms with Crippen molar-refractivity contribution in [3.8, 4) is 11.1 Å². The first-order valence-corrected chi connectivity index (χ1v) is 6.72. The molecule has 0 aromatic heterocycles. The molecule has 0 radical (unpaired) electrons. The molecule has 1 nitrogen and oxygen atoms in total. The highest BCUT2D eigenvalue weighted by molar-refractivity contribution is 6.01. The van der Waals surface area contributed by atoms with Crippen molar-refractivity contribution in [1.82, 2.24) is 0 Å². The van der Waals surface area contributed by atoms with E-state index in [-0.39, 0.29) is 0 Å². The first-order chi connectivity index (χ1) is 9.33. The Labute approximate surface area is 112 Å². The molecule has 0 atom stereocenters. The number of nitrogens with two attached hydrogens (primary N) is 1. The molecule has 0 bridgehead atoms. The molecule has 0 spiro atoms. The molecule has 3 aromatic rings. The van der Waals surface area contributed by atoms with Gasteiger partial charge in [0, 0.05) is 5.69 Å². The van der Waals surface area contributed by atoms with E-state index in [1.165, 1.54) is 45.9 Å². The predicted molar refractivity (Wildman–Crippen MR) is 81.2 cm³/mol. The summed E-state index contributed by atoms with van der Waals surface area (Å²) in [5, 5.41) is 2.84. The van der Waals surface area contributed by atoms with E-state index in [0.29, 0.717) is 0 Å². The summed E-state index contributed by atoms with van der Waals surface area (Å²) in [5.74, 6) is 0. The maximum Gasteiger partial charge on any atom is 0.0314 e. The first-order valence-electron chi connectivity index (χ1n) is 6.72. The number of anilines is 1. The molecule has 1 heteroatoms. The van der Waals surface area contributed by atoms with Crippen molar-refractivity contribution in [2.75, 3.05) is 5.73 Å². The quantitative estimate of drug-likeness (QED) is 0.639. The maximum atomic E-state index is 5.78. The molecule has 0 heterocycles. The molecule has 0 amide bonds. The molecule has 0 saturated carbocycles. The fourth-order valence-electron chi connectivity index (χ4n) is 3.16. The summed E-state index contributed by atoms with van der Waals surface area (Å²) in [4.78, 5) is 0. The summed E-state index contributed by atoms with van der Waals surface area (Å²) in [6.45, 7) is 0. The van der Waals surface area contributed by atoms with Crippen LogP contribution in [0.15, 0.2) is 54.6 Å². The predicted octanol–water partition coefficient (Wildman–Crippen LogP) is 4.19. The van der Waals surface area contributed by atoms with Crippen LogP contribution < -0.4 is 5.73 Å². The number of hydrogen-bond donors (Lipinski definition) is 1. The molecular formula is C18H15N. The third kappa shape index (κ3) is 1.55. The van der Waals surface area contributed by atoms with E-state index in [0.717, 1.165) is 5.69 Å². The topological polar surface area (TPSA) is 26.0 Å². The van der Waals surface area contributed by atoms with E-state index in [9.17, 15) is 0 Å². The van der Waals surface area contributed by atoms with Crippen LogP contribution in [-0.4, -0.2) is 0 Å². The largest absolute Gasteiger partial charge is 0.399 e. The van der Waals surface area contributed by atoms with Crippen LogP contribution in [0.2, 0.25) is 0 Å². The highest BCUT2D eigenvalue weighted by atomic mass is 14.5. The average molecular weight is 245 g/mol. The van der Waals surface area contributed by atoms with E-state index >= 15 is 0 Å². The van der Waals surface area contributed by atoms with Crippen LogP contribution in [-0.2, 0) is 12.8 Å². The van der Waals surface area contributed by atoms with Gasteiger partial charge in [0.15, 0.2) is 0 Å². The van der Waals surface area contributed by atoms with Crippen molar-refractivity contribution < 1.29 is 0 Å². The Hall–Kier alpha value is -2.28. The minimum absolute atomic E-state index is 0.815. The second-order valence-electron chi connectivity index (χ2n) is 5.23. The Morgan fingerprint density at radius 3 is 2.26 bits per heavy atom. The van der Waals surface area contributed by atoms with Gasteiger partial charge in [-0.05, 0) is 58.0 Å². The van der Waals surface area contributed by atoms with Gasteiger partial charge in [-0.25, -0.2) is 0 Å². The van der Waals surface area contributed by atoms with Gasteiger partial charge in [-0.15, -0.1) is 0 Å². The summed E-state index contributed by atoms with van der Waals surface area (Å²) in [6, 6.07) is 19.3. The normalized spacial score (nSPS) is 13.1. The minimum atomic E-state index is 0.815. The van der Waals surface area contributed by atoms with Gasteiger partial charge in [0.1, 0.15) is 0 Å². The number of benzene rings is 3. The van der Waals surface area contributed by atoms with Crippen molar-refractivity contribution >= 4 is 16.5 Å². The van der Waals surface area contributed by atoms with Crippen LogP contribution >= 0.6 is 0 Å². The lowest BCUT2D eigenvalue weighted by Gasteiger charge is -2.09. The summed E-state index contributed by atoms with van der Waals surface area (Å²) in [6.07, 6.45) is 2.36. The Morgan fingerprint density at radius 2 is 1.47 bits per heavy atom. The molecule has 0 unspecified atom stereocenters. The maximum absolute atomic E-state index is 5.78. The van der Waals surface area contributed by atoms with Crippen LogP contribution in [0, 0.1) is 0 Å². The summed E-state index contributed by atoms with van der Waals surface area (Å²) >= 11 is 0. The molecule has 3 aromatic carbocycles. The van der Waals surface area contributed by atoms with Crippen molar-refractivity contribution in [3.63, 3.8) is 0 Å². The van der Waals surface area contributed by atoms with E-state index in [2.05, 4.69) is 42.5 Å². The van der Waals surface area contributed by atoms with Gasteiger partial charge >= 0.3 is 0 Å². The summed E-state index contributed by atoms with van der Waals surface area (Å²) in [5.41, 5.74) is 12.1. The molecule has 1 aliphatic rings. The van der Waals surface area contributed by atoms with Crippen LogP contribution in [0.4, 0.5) is 5.69 Å². The van der Waals surface area contributed by atoms with Crippen molar-refractivity contribution in [2.24, 2.45) is 0 Å².